The highest BCUT2D eigenvalue weighted by Gasteiger charge is 2.31. The number of thioether (sulfide) groups is 1. The molecule has 1 N–H and O–H groups in total. The number of carbonyl (C=O) groups is 2. The van der Waals surface area contributed by atoms with E-state index in [1.807, 2.05) is 31.4 Å². The van der Waals surface area contributed by atoms with Gasteiger partial charge in [-0.15, -0.1) is 0 Å². The predicted molar refractivity (Wildman–Crippen MR) is 127 cm³/mol. The number of carbonyl (C=O) groups excluding carboxylic acids is 1. The van der Waals surface area contributed by atoms with Crippen molar-refractivity contribution in [1.29, 1.82) is 0 Å². The van der Waals surface area contributed by atoms with E-state index in [4.69, 9.17) is 21.7 Å². The second kappa shape index (κ2) is 9.11. The fourth-order valence-electron chi connectivity index (χ4n) is 3.57. The number of furan rings is 1. The number of aryl methyl sites for hydroxylation is 1. The molecule has 6 nitrogen and oxygen atoms in total. The quantitative estimate of drug-likeness (QED) is 0.283. The van der Waals surface area contributed by atoms with Gasteiger partial charge in [-0.3, -0.25) is 14.5 Å². The van der Waals surface area contributed by atoms with E-state index >= 15 is 0 Å². The Kier molecular flexibility index (Phi) is 6.29. The lowest BCUT2D eigenvalue weighted by Gasteiger charge is -2.13. The van der Waals surface area contributed by atoms with Crippen molar-refractivity contribution in [2.45, 2.75) is 25.7 Å². The van der Waals surface area contributed by atoms with Crippen molar-refractivity contribution in [3.63, 3.8) is 0 Å². The number of hydrogen-bond donors (Lipinski definition) is 1. The molecule has 0 spiro atoms. The molecular formula is C23H22N2O4S2. The molecule has 1 saturated heterocycles. The van der Waals surface area contributed by atoms with Gasteiger partial charge >= 0.3 is 5.97 Å². The van der Waals surface area contributed by atoms with E-state index in [9.17, 15) is 9.59 Å². The van der Waals surface area contributed by atoms with Crippen LogP contribution in [0.25, 0.3) is 28.3 Å². The van der Waals surface area contributed by atoms with Crippen LogP contribution in [-0.2, 0) is 16.6 Å². The Morgan fingerprint density at radius 3 is 2.84 bits per heavy atom. The summed E-state index contributed by atoms with van der Waals surface area (Å²) in [5, 5.41) is 9.84. The zero-order valence-corrected chi connectivity index (χ0v) is 18.7. The number of unbranched alkanes of at least 4 members (excludes halogenated alkanes) is 2. The highest BCUT2D eigenvalue weighted by Crippen LogP contribution is 2.34. The number of rotatable bonds is 8. The van der Waals surface area contributed by atoms with Crippen molar-refractivity contribution in [2.24, 2.45) is 7.05 Å². The molecule has 1 aliphatic heterocycles. The Morgan fingerprint density at radius 2 is 2.03 bits per heavy atom. The lowest BCUT2D eigenvalue weighted by molar-refractivity contribution is -0.137. The summed E-state index contributed by atoms with van der Waals surface area (Å²) in [4.78, 5) is 25.4. The maximum atomic E-state index is 12.7. The lowest BCUT2D eigenvalue weighted by atomic mass is 10.1. The number of fused-ring (bicyclic) bond motifs is 1. The third kappa shape index (κ3) is 4.75. The van der Waals surface area contributed by atoms with E-state index in [1.54, 1.807) is 11.0 Å². The predicted octanol–water partition coefficient (Wildman–Crippen LogP) is 5.28. The average Bonchev–Trinajstić information content (AvgIpc) is 3.42. The van der Waals surface area contributed by atoms with Gasteiger partial charge in [0.2, 0.25) is 0 Å². The van der Waals surface area contributed by atoms with E-state index in [-0.39, 0.29) is 12.3 Å². The molecule has 1 aromatic carbocycles. The SMILES string of the molecule is Cn1ccc2cc(-c3ccc(/C=C4\SC(=S)N(CCCCCC(=O)O)C4=O)o3)ccc21. The molecule has 160 valence electrons. The summed E-state index contributed by atoms with van der Waals surface area (Å²) in [6, 6.07) is 12.0. The van der Waals surface area contributed by atoms with Gasteiger partial charge in [-0.25, -0.2) is 0 Å². The van der Waals surface area contributed by atoms with Gasteiger partial charge in [-0.05, 0) is 49.2 Å². The Morgan fingerprint density at radius 1 is 1.19 bits per heavy atom. The summed E-state index contributed by atoms with van der Waals surface area (Å²) in [6.45, 7) is 0.502. The van der Waals surface area contributed by atoms with Crippen LogP contribution in [0.3, 0.4) is 0 Å². The molecule has 31 heavy (non-hydrogen) atoms. The summed E-state index contributed by atoms with van der Waals surface area (Å²) >= 11 is 6.63. The number of thiocarbonyl (C=S) groups is 1. The fourth-order valence-corrected chi connectivity index (χ4v) is 4.85. The summed E-state index contributed by atoms with van der Waals surface area (Å²) in [5.74, 6) is 0.419. The molecule has 1 amide bonds. The molecule has 3 heterocycles. The van der Waals surface area contributed by atoms with Gasteiger partial charge < -0.3 is 14.1 Å². The van der Waals surface area contributed by atoms with Gasteiger partial charge in [0.25, 0.3) is 5.91 Å². The van der Waals surface area contributed by atoms with Gasteiger partial charge in [0.05, 0.1) is 4.91 Å². The Bertz CT molecular complexity index is 1190. The molecule has 0 radical (unpaired) electrons. The summed E-state index contributed by atoms with van der Waals surface area (Å²) in [5.41, 5.74) is 2.13. The van der Waals surface area contributed by atoms with Gasteiger partial charge in [0.15, 0.2) is 0 Å². The van der Waals surface area contributed by atoms with Crippen molar-refractivity contribution in [1.82, 2.24) is 9.47 Å². The number of amides is 1. The highest BCUT2D eigenvalue weighted by atomic mass is 32.2. The lowest BCUT2D eigenvalue weighted by Crippen LogP contribution is -2.29. The minimum atomic E-state index is -0.796. The smallest absolute Gasteiger partial charge is 0.303 e. The fraction of sp³-hybridized carbons (Fsp3) is 0.261. The standard InChI is InChI=1S/C23H22N2O4S2/c1-24-12-10-15-13-16(6-8-18(15)24)19-9-7-17(29-19)14-20-22(28)25(23(30)31-20)11-4-2-3-5-21(26)27/h6-10,12-14H,2-5,11H2,1H3,(H,26,27)/b20-14-. The first-order chi connectivity index (χ1) is 14.9. The Hall–Kier alpha value is -2.84. The summed E-state index contributed by atoms with van der Waals surface area (Å²) in [7, 11) is 2.01. The minimum absolute atomic E-state index is 0.128. The monoisotopic (exact) mass is 454 g/mol. The Balaban J connectivity index is 1.43. The van der Waals surface area contributed by atoms with E-state index in [2.05, 4.69) is 22.8 Å². The zero-order chi connectivity index (χ0) is 22.0. The number of benzene rings is 1. The molecule has 0 saturated carbocycles. The molecule has 0 aliphatic carbocycles. The van der Waals surface area contributed by atoms with Crippen LogP contribution in [0.2, 0.25) is 0 Å². The van der Waals surface area contributed by atoms with Crippen molar-refractivity contribution >= 4 is 57.2 Å². The minimum Gasteiger partial charge on any atom is -0.481 e. The third-order valence-electron chi connectivity index (χ3n) is 5.22. The van der Waals surface area contributed by atoms with Crippen LogP contribution in [-0.4, -0.2) is 37.3 Å². The van der Waals surface area contributed by atoms with Crippen LogP contribution in [0.15, 0.2) is 51.9 Å². The first-order valence-electron chi connectivity index (χ1n) is 10.0. The molecule has 3 aromatic rings. The number of aliphatic carboxylic acids is 1. The maximum Gasteiger partial charge on any atom is 0.303 e. The van der Waals surface area contributed by atoms with Crippen LogP contribution in [0.4, 0.5) is 0 Å². The van der Waals surface area contributed by atoms with Crippen molar-refractivity contribution in [3.8, 4) is 11.3 Å². The van der Waals surface area contributed by atoms with Crippen LogP contribution < -0.4 is 0 Å². The molecule has 0 unspecified atom stereocenters. The van der Waals surface area contributed by atoms with Crippen molar-refractivity contribution in [2.75, 3.05) is 6.54 Å². The molecule has 8 heteroatoms. The third-order valence-corrected chi connectivity index (χ3v) is 6.59. The molecule has 0 bridgehead atoms. The van der Waals surface area contributed by atoms with Gasteiger partial charge in [0, 0.05) is 48.8 Å². The van der Waals surface area contributed by atoms with E-state index in [1.165, 1.54) is 11.8 Å². The van der Waals surface area contributed by atoms with Crippen molar-refractivity contribution < 1.29 is 19.1 Å². The van der Waals surface area contributed by atoms with Crippen LogP contribution >= 0.6 is 24.0 Å². The molecule has 4 rings (SSSR count). The topological polar surface area (TPSA) is 75.7 Å². The number of aromatic nitrogens is 1. The second-order valence-electron chi connectivity index (χ2n) is 7.44. The largest absolute Gasteiger partial charge is 0.481 e. The van der Waals surface area contributed by atoms with Gasteiger partial charge in [-0.2, -0.15) is 0 Å². The molecule has 0 atom stereocenters. The maximum absolute atomic E-state index is 12.7. The highest BCUT2D eigenvalue weighted by molar-refractivity contribution is 8.26. The normalized spacial score (nSPS) is 15.5. The van der Waals surface area contributed by atoms with E-state index in [0.717, 1.165) is 35.1 Å². The number of nitrogens with zero attached hydrogens (tertiary/aromatic N) is 2. The van der Waals surface area contributed by atoms with Crippen molar-refractivity contribution in [3.05, 3.63) is 53.3 Å². The van der Waals surface area contributed by atoms with Crippen LogP contribution in [0.5, 0.6) is 0 Å². The second-order valence-corrected chi connectivity index (χ2v) is 9.12. The number of carboxylic acids is 1. The first kappa shape index (κ1) is 21.4. The number of hydrogen-bond acceptors (Lipinski definition) is 5. The van der Waals surface area contributed by atoms with E-state index < -0.39 is 5.97 Å². The summed E-state index contributed by atoms with van der Waals surface area (Å²) in [6.07, 6.45) is 5.97. The van der Waals surface area contributed by atoms with Gasteiger partial charge in [0.1, 0.15) is 15.8 Å². The first-order valence-corrected chi connectivity index (χ1v) is 11.3. The molecule has 2 aromatic heterocycles. The number of carboxylic acid groups (broad SMARTS) is 1. The zero-order valence-electron chi connectivity index (χ0n) is 17.0. The van der Waals surface area contributed by atoms with Gasteiger partial charge in [-0.1, -0.05) is 30.4 Å². The van der Waals surface area contributed by atoms with E-state index in [0.29, 0.717) is 28.0 Å². The summed E-state index contributed by atoms with van der Waals surface area (Å²) < 4.78 is 8.57. The molecular weight excluding hydrogens is 432 g/mol. The average molecular weight is 455 g/mol. The van der Waals surface area contributed by atoms with Crippen LogP contribution in [0, 0.1) is 0 Å². The molecule has 1 aliphatic rings. The Labute approximate surface area is 189 Å². The van der Waals surface area contributed by atoms with Crippen LogP contribution in [0.1, 0.15) is 31.4 Å². The molecule has 1 fully saturated rings.